The van der Waals surface area contributed by atoms with Gasteiger partial charge in [-0.05, 0) is 38.0 Å². The first-order valence-electron chi connectivity index (χ1n) is 6.00. The number of carbonyl (C=O) groups excluding carboxylic acids is 1. The van der Waals surface area contributed by atoms with Crippen molar-refractivity contribution in [3.63, 3.8) is 0 Å². The largest absolute Gasteiger partial charge is 0.393 e. The van der Waals surface area contributed by atoms with Gasteiger partial charge in [0.25, 0.3) is 0 Å². The normalized spacial score (nSPS) is 13.4. The lowest BCUT2D eigenvalue weighted by atomic mass is 10.1. The summed E-state index contributed by atoms with van der Waals surface area (Å²) in [6.07, 6.45) is 0.325. The van der Waals surface area contributed by atoms with E-state index in [2.05, 4.69) is 11.4 Å². The molecular formula is C14H18N2O2. The van der Waals surface area contributed by atoms with E-state index in [1.807, 2.05) is 19.1 Å². The average Bonchev–Trinajstić information content (AvgIpc) is 2.36. The molecule has 1 rings (SSSR count). The molecule has 0 aliphatic carbocycles. The Hall–Kier alpha value is -1.86. The Morgan fingerprint density at radius 2 is 2.00 bits per heavy atom. The topological polar surface area (TPSA) is 73.1 Å². The van der Waals surface area contributed by atoms with Crippen molar-refractivity contribution in [3.8, 4) is 6.07 Å². The highest BCUT2D eigenvalue weighted by atomic mass is 16.3. The van der Waals surface area contributed by atoms with E-state index in [-0.39, 0.29) is 11.9 Å². The van der Waals surface area contributed by atoms with Crippen LogP contribution in [0.4, 0.5) is 0 Å². The van der Waals surface area contributed by atoms with Crippen LogP contribution in [-0.4, -0.2) is 17.1 Å². The third kappa shape index (κ3) is 4.56. The molecule has 0 fully saturated rings. The molecule has 0 aliphatic heterocycles. The van der Waals surface area contributed by atoms with Gasteiger partial charge in [0.15, 0.2) is 0 Å². The van der Waals surface area contributed by atoms with Gasteiger partial charge < -0.3 is 10.4 Å². The predicted molar refractivity (Wildman–Crippen MR) is 68.6 cm³/mol. The number of nitriles is 1. The second-order valence-corrected chi connectivity index (χ2v) is 4.41. The highest BCUT2D eigenvalue weighted by Gasteiger charge is 2.10. The third-order valence-electron chi connectivity index (χ3n) is 2.71. The highest BCUT2D eigenvalue weighted by Crippen LogP contribution is 2.13. The van der Waals surface area contributed by atoms with Gasteiger partial charge in [0.05, 0.1) is 23.8 Å². The van der Waals surface area contributed by atoms with Crippen LogP contribution in [0.15, 0.2) is 24.3 Å². The summed E-state index contributed by atoms with van der Waals surface area (Å²) >= 11 is 0. The maximum absolute atomic E-state index is 11.6. The van der Waals surface area contributed by atoms with E-state index in [0.29, 0.717) is 18.4 Å². The zero-order valence-corrected chi connectivity index (χ0v) is 10.7. The molecule has 96 valence electrons. The molecule has 0 bridgehead atoms. The van der Waals surface area contributed by atoms with E-state index >= 15 is 0 Å². The van der Waals surface area contributed by atoms with Gasteiger partial charge in [-0.1, -0.05) is 12.1 Å². The first-order chi connectivity index (χ1) is 8.52. The summed E-state index contributed by atoms with van der Waals surface area (Å²) in [6, 6.07) is 9.08. The first kappa shape index (κ1) is 14.2. The van der Waals surface area contributed by atoms with Crippen LogP contribution >= 0.6 is 0 Å². The Labute approximate surface area is 107 Å². The van der Waals surface area contributed by atoms with Crippen LogP contribution in [0.25, 0.3) is 0 Å². The molecule has 1 aromatic rings. The molecule has 18 heavy (non-hydrogen) atoms. The minimum atomic E-state index is -0.457. The first-order valence-corrected chi connectivity index (χ1v) is 6.00. The van der Waals surface area contributed by atoms with Crippen LogP contribution in [0, 0.1) is 11.3 Å². The lowest BCUT2D eigenvalue weighted by Gasteiger charge is -2.14. The van der Waals surface area contributed by atoms with Crippen LogP contribution in [0.5, 0.6) is 0 Å². The lowest BCUT2D eigenvalue weighted by molar-refractivity contribution is -0.122. The molecule has 0 aromatic heterocycles. The van der Waals surface area contributed by atoms with E-state index in [4.69, 9.17) is 10.4 Å². The van der Waals surface area contributed by atoms with Gasteiger partial charge in [-0.2, -0.15) is 5.26 Å². The van der Waals surface area contributed by atoms with E-state index in [1.165, 1.54) is 0 Å². The van der Waals surface area contributed by atoms with Crippen molar-refractivity contribution in [3.05, 3.63) is 35.4 Å². The molecule has 0 aliphatic rings. The Bertz CT molecular complexity index is 432. The van der Waals surface area contributed by atoms with Crippen molar-refractivity contribution >= 4 is 5.91 Å². The molecule has 2 unspecified atom stereocenters. The Morgan fingerprint density at radius 1 is 1.39 bits per heavy atom. The minimum Gasteiger partial charge on any atom is -0.393 e. The summed E-state index contributed by atoms with van der Waals surface area (Å²) in [6.45, 7) is 3.55. The number of aliphatic hydroxyl groups excluding tert-OH is 1. The molecule has 0 saturated heterocycles. The summed E-state index contributed by atoms with van der Waals surface area (Å²) < 4.78 is 0. The monoisotopic (exact) mass is 246 g/mol. The number of hydrogen-bond donors (Lipinski definition) is 2. The van der Waals surface area contributed by atoms with Crippen molar-refractivity contribution in [2.45, 2.75) is 38.8 Å². The van der Waals surface area contributed by atoms with Crippen molar-refractivity contribution < 1.29 is 9.90 Å². The maximum atomic E-state index is 11.6. The maximum Gasteiger partial charge on any atom is 0.220 e. The van der Waals surface area contributed by atoms with Crippen LogP contribution in [0.1, 0.15) is 43.9 Å². The molecule has 0 spiro atoms. The van der Waals surface area contributed by atoms with E-state index in [9.17, 15) is 4.79 Å². The number of nitrogens with one attached hydrogen (secondary N) is 1. The smallest absolute Gasteiger partial charge is 0.220 e. The molecule has 4 heteroatoms. The van der Waals surface area contributed by atoms with Crippen LogP contribution in [-0.2, 0) is 4.79 Å². The second kappa shape index (κ2) is 6.77. The van der Waals surface area contributed by atoms with Gasteiger partial charge in [0.1, 0.15) is 0 Å². The van der Waals surface area contributed by atoms with Gasteiger partial charge in [-0.3, -0.25) is 4.79 Å². The Morgan fingerprint density at radius 3 is 2.50 bits per heavy atom. The summed E-state index contributed by atoms with van der Waals surface area (Å²) in [7, 11) is 0. The number of amides is 1. The predicted octanol–water partition coefficient (Wildman–Crippen LogP) is 1.90. The molecule has 2 N–H and O–H groups in total. The third-order valence-corrected chi connectivity index (χ3v) is 2.71. The van der Waals surface area contributed by atoms with Gasteiger partial charge in [-0.25, -0.2) is 0 Å². The van der Waals surface area contributed by atoms with Crippen molar-refractivity contribution in [2.75, 3.05) is 0 Å². The second-order valence-electron chi connectivity index (χ2n) is 4.41. The molecule has 2 atom stereocenters. The molecule has 0 heterocycles. The van der Waals surface area contributed by atoms with Crippen molar-refractivity contribution in [1.82, 2.24) is 5.32 Å². The van der Waals surface area contributed by atoms with Crippen molar-refractivity contribution in [1.29, 1.82) is 5.26 Å². The number of rotatable bonds is 5. The fourth-order valence-corrected chi connectivity index (χ4v) is 1.58. The van der Waals surface area contributed by atoms with Crippen LogP contribution in [0.2, 0.25) is 0 Å². The molecule has 0 saturated carbocycles. The SMILES string of the molecule is CC(O)CCC(=O)NC(C)c1ccc(C#N)cc1. The molecule has 0 radical (unpaired) electrons. The number of aliphatic hydroxyl groups is 1. The summed E-state index contributed by atoms with van der Waals surface area (Å²) in [5, 5.41) is 20.6. The molecular weight excluding hydrogens is 228 g/mol. The number of benzene rings is 1. The fraction of sp³-hybridized carbons (Fsp3) is 0.429. The lowest BCUT2D eigenvalue weighted by Crippen LogP contribution is -2.27. The zero-order valence-electron chi connectivity index (χ0n) is 10.7. The summed E-state index contributed by atoms with van der Waals surface area (Å²) in [5.74, 6) is -0.0761. The quantitative estimate of drug-likeness (QED) is 0.833. The Balaban J connectivity index is 2.51. The molecule has 4 nitrogen and oxygen atoms in total. The summed E-state index contributed by atoms with van der Waals surface area (Å²) in [5.41, 5.74) is 1.56. The van der Waals surface area contributed by atoms with E-state index in [1.54, 1.807) is 19.1 Å². The number of carbonyl (C=O) groups is 1. The van der Waals surface area contributed by atoms with Gasteiger partial charge in [0, 0.05) is 6.42 Å². The van der Waals surface area contributed by atoms with Gasteiger partial charge >= 0.3 is 0 Å². The van der Waals surface area contributed by atoms with Crippen LogP contribution in [0.3, 0.4) is 0 Å². The van der Waals surface area contributed by atoms with Crippen molar-refractivity contribution in [2.24, 2.45) is 0 Å². The molecule has 1 amide bonds. The Kier molecular flexibility index (Phi) is 5.34. The average molecular weight is 246 g/mol. The van der Waals surface area contributed by atoms with E-state index in [0.717, 1.165) is 5.56 Å². The summed E-state index contributed by atoms with van der Waals surface area (Å²) in [4.78, 5) is 11.6. The standard InChI is InChI=1S/C14H18N2O2/c1-10(17)3-8-14(18)16-11(2)13-6-4-12(9-15)5-7-13/h4-7,10-11,17H,3,8H2,1-2H3,(H,16,18). The number of hydrogen-bond acceptors (Lipinski definition) is 3. The van der Waals surface area contributed by atoms with E-state index < -0.39 is 6.10 Å². The minimum absolute atomic E-state index is 0.0761. The molecule has 1 aromatic carbocycles. The van der Waals surface area contributed by atoms with Gasteiger partial charge in [-0.15, -0.1) is 0 Å². The van der Waals surface area contributed by atoms with Gasteiger partial charge in [0.2, 0.25) is 5.91 Å². The highest BCUT2D eigenvalue weighted by molar-refractivity contribution is 5.76. The fourth-order valence-electron chi connectivity index (χ4n) is 1.58. The zero-order chi connectivity index (χ0) is 13.5. The number of nitrogens with zero attached hydrogens (tertiary/aromatic N) is 1. The van der Waals surface area contributed by atoms with Crippen LogP contribution < -0.4 is 5.32 Å².